The Morgan fingerprint density at radius 1 is 1.33 bits per heavy atom. The third kappa shape index (κ3) is 1.47. The van der Waals surface area contributed by atoms with E-state index in [9.17, 15) is 0 Å². The molecule has 47 valence electrons. The van der Waals surface area contributed by atoms with Gasteiger partial charge in [-0.1, -0.05) is 23.2 Å². The molecule has 2 nitrogen and oxygen atoms in total. The van der Waals surface area contributed by atoms with E-state index in [0.717, 1.165) is 0 Å². The third-order valence-electron chi connectivity index (χ3n) is 0.815. The summed E-state index contributed by atoms with van der Waals surface area (Å²) >= 11 is 10.9. The van der Waals surface area contributed by atoms with Crippen molar-refractivity contribution in [1.82, 2.24) is 10.7 Å². The Bertz CT molecular complexity index is 224. The van der Waals surface area contributed by atoms with Gasteiger partial charge < -0.3 is 0 Å². The lowest BCUT2D eigenvalue weighted by atomic mass is 10.4. The first-order valence-corrected chi connectivity index (χ1v) is 2.99. The molecule has 0 amide bonds. The van der Waals surface area contributed by atoms with Crippen molar-refractivity contribution in [2.75, 3.05) is 0 Å². The molecule has 0 spiro atoms. The molecule has 9 heavy (non-hydrogen) atoms. The first kappa shape index (κ1) is 6.65. The quantitative estimate of drug-likeness (QED) is 0.539. The molecular weight excluding hydrogens is 159 g/mol. The Kier molecular flexibility index (Phi) is 1.78. The first-order valence-electron chi connectivity index (χ1n) is 2.24. The molecule has 1 N–H and O–H groups in total. The summed E-state index contributed by atoms with van der Waals surface area (Å²) in [4.78, 5) is 3.62. The lowest BCUT2D eigenvalue weighted by Gasteiger charge is -1.92. The van der Waals surface area contributed by atoms with Crippen molar-refractivity contribution in [3.8, 4) is 0 Å². The number of hydrogen-bond donors (Lipinski definition) is 0. The van der Waals surface area contributed by atoms with Gasteiger partial charge in [0.25, 0.3) is 0 Å². The molecule has 0 fully saturated rings. The van der Waals surface area contributed by atoms with Crippen LogP contribution in [0.1, 0.15) is 0 Å². The molecule has 0 aromatic carbocycles. The van der Waals surface area contributed by atoms with Crippen molar-refractivity contribution >= 4 is 28.9 Å². The average Bonchev–Trinajstić information content (AvgIpc) is 1.80. The van der Waals surface area contributed by atoms with Gasteiger partial charge in [-0.2, -0.15) is 0 Å². The van der Waals surface area contributed by atoms with Gasteiger partial charge in [-0.3, -0.25) is 5.73 Å². The molecule has 0 aliphatic rings. The third-order valence-corrected chi connectivity index (χ3v) is 1.31. The van der Waals surface area contributed by atoms with Crippen LogP contribution >= 0.6 is 23.2 Å². The number of rotatable bonds is 0. The van der Waals surface area contributed by atoms with Crippen molar-refractivity contribution in [2.45, 2.75) is 0 Å². The van der Waals surface area contributed by atoms with Crippen molar-refractivity contribution in [2.24, 2.45) is 0 Å². The molecule has 1 aromatic rings. The van der Waals surface area contributed by atoms with Crippen LogP contribution in [0.15, 0.2) is 12.1 Å². The van der Waals surface area contributed by atoms with Crippen LogP contribution in [0.25, 0.3) is 0 Å². The van der Waals surface area contributed by atoms with Crippen LogP contribution in [0.3, 0.4) is 0 Å². The maximum atomic E-state index is 7.06. The zero-order valence-corrected chi connectivity index (χ0v) is 5.87. The normalized spacial score (nSPS) is 9.56. The Hall–Kier alpha value is -0.470. The topological polar surface area (TPSA) is 36.7 Å². The number of nitrogens with zero attached hydrogens (tertiary/aromatic N) is 1. The molecule has 1 radical (unpaired) electrons. The van der Waals surface area contributed by atoms with E-state index in [-0.39, 0.29) is 10.8 Å². The number of pyridine rings is 1. The van der Waals surface area contributed by atoms with Crippen LogP contribution < -0.4 is 5.73 Å². The second kappa shape index (κ2) is 2.42. The summed E-state index contributed by atoms with van der Waals surface area (Å²) in [5.74, 6) is 0. The van der Waals surface area contributed by atoms with Gasteiger partial charge in [0.1, 0.15) is 5.15 Å². The van der Waals surface area contributed by atoms with E-state index < -0.39 is 0 Å². The molecule has 1 rings (SSSR count). The van der Waals surface area contributed by atoms with E-state index in [1.54, 1.807) is 0 Å². The van der Waals surface area contributed by atoms with Gasteiger partial charge in [0.2, 0.25) is 0 Å². The Balaban J connectivity index is 3.17. The van der Waals surface area contributed by atoms with Gasteiger partial charge in [-0.15, -0.1) is 0 Å². The fraction of sp³-hybridized carbons (Fsp3) is 0. The summed E-state index contributed by atoms with van der Waals surface area (Å²) in [7, 11) is 0. The molecule has 0 aliphatic heterocycles. The first-order chi connectivity index (χ1) is 4.20. The highest BCUT2D eigenvalue weighted by molar-refractivity contribution is 6.33. The van der Waals surface area contributed by atoms with Gasteiger partial charge in [0.05, 0.1) is 5.69 Å². The minimum absolute atomic E-state index is 0.141. The fourth-order valence-corrected chi connectivity index (χ4v) is 0.757. The molecule has 1 heterocycles. The minimum Gasteiger partial charge on any atom is -0.298 e. The monoisotopic (exact) mass is 161 g/mol. The zero-order valence-electron chi connectivity index (χ0n) is 4.36. The lowest BCUT2D eigenvalue weighted by molar-refractivity contribution is 1.29. The van der Waals surface area contributed by atoms with Crippen molar-refractivity contribution in [3.05, 3.63) is 22.4 Å². The summed E-state index contributed by atoms with van der Waals surface area (Å²) in [6.07, 6.45) is 0. The largest absolute Gasteiger partial charge is 0.298 e. The van der Waals surface area contributed by atoms with Crippen LogP contribution in [0.2, 0.25) is 10.3 Å². The molecular formula is C5H3Cl2N2. The molecule has 0 saturated carbocycles. The molecule has 0 atom stereocenters. The van der Waals surface area contributed by atoms with Crippen LogP contribution in [-0.2, 0) is 0 Å². The predicted octanol–water partition coefficient (Wildman–Crippen LogP) is 2.30. The summed E-state index contributed by atoms with van der Waals surface area (Å²) in [6.45, 7) is 0. The van der Waals surface area contributed by atoms with Crippen LogP contribution in [0.4, 0.5) is 5.69 Å². The zero-order chi connectivity index (χ0) is 6.85. The van der Waals surface area contributed by atoms with Gasteiger partial charge >= 0.3 is 0 Å². The summed E-state index contributed by atoms with van der Waals surface area (Å²) in [6, 6.07) is 3.02. The van der Waals surface area contributed by atoms with E-state index >= 15 is 0 Å². The smallest absolute Gasteiger partial charge is 0.155 e. The summed E-state index contributed by atoms with van der Waals surface area (Å²) in [5.41, 5.74) is 7.26. The second-order valence-corrected chi connectivity index (χ2v) is 2.22. The van der Waals surface area contributed by atoms with Crippen molar-refractivity contribution in [3.63, 3.8) is 0 Å². The SMILES string of the molecule is [NH]c1ccc(Cl)nc1Cl. The van der Waals surface area contributed by atoms with E-state index in [4.69, 9.17) is 28.9 Å². The molecule has 4 heteroatoms. The number of aromatic nitrogens is 1. The standard InChI is InChI=1S/C5H3Cl2N2/c6-4-2-1-3(8)5(7)9-4/h1-2,8H. The Labute approximate surface area is 62.6 Å². The van der Waals surface area contributed by atoms with Crippen LogP contribution in [-0.4, -0.2) is 4.98 Å². The van der Waals surface area contributed by atoms with E-state index in [1.807, 2.05) is 0 Å². The molecule has 0 aliphatic carbocycles. The van der Waals surface area contributed by atoms with Crippen LogP contribution in [0.5, 0.6) is 0 Å². The maximum absolute atomic E-state index is 7.06. The lowest BCUT2D eigenvalue weighted by Crippen LogP contribution is -1.77. The van der Waals surface area contributed by atoms with E-state index in [1.165, 1.54) is 12.1 Å². The molecule has 0 bridgehead atoms. The van der Waals surface area contributed by atoms with Gasteiger partial charge in [0, 0.05) is 0 Å². The van der Waals surface area contributed by atoms with Gasteiger partial charge in [-0.25, -0.2) is 4.98 Å². The van der Waals surface area contributed by atoms with Crippen molar-refractivity contribution < 1.29 is 0 Å². The molecule has 0 saturated heterocycles. The molecule has 0 unspecified atom stereocenters. The Morgan fingerprint density at radius 2 is 2.00 bits per heavy atom. The van der Waals surface area contributed by atoms with Crippen LogP contribution in [0, 0.1) is 0 Å². The minimum atomic E-state index is 0.141. The summed E-state index contributed by atoms with van der Waals surface area (Å²) in [5, 5.41) is 0.457. The fourth-order valence-electron chi connectivity index (χ4n) is 0.412. The highest BCUT2D eigenvalue weighted by Gasteiger charge is 1.96. The second-order valence-electron chi connectivity index (χ2n) is 1.47. The number of hydrogen-bond acceptors (Lipinski definition) is 1. The predicted molar refractivity (Wildman–Crippen MR) is 37.0 cm³/mol. The summed E-state index contributed by atoms with van der Waals surface area (Å²) < 4.78 is 0. The maximum Gasteiger partial charge on any atom is 0.155 e. The van der Waals surface area contributed by atoms with Gasteiger partial charge in [0.15, 0.2) is 5.15 Å². The van der Waals surface area contributed by atoms with E-state index in [2.05, 4.69) is 4.98 Å². The highest BCUT2D eigenvalue weighted by Crippen LogP contribution is 2.18. The average molecular weight is 162 g/mol. The number of halogens is 2. The van der Waals surface area contributed by atoms with E-state index in [0.29, 0.717) is 5.15 Å². The Morgan fingerprint density at radius 3 is 2.44 bits per heavy atom. The van der Waals surface area contributed by atoms with Crippen molar-refractivity contribution in [1.29, 1.82) is 0 Å². The van der Waals surface area contributed by atoms with Gasteiger partial charge in [-0.05, 0) is 12.1 Å². The number of nitrogens with one attached hydrogen (secondary N) is 1. The highest BCUT2D eigenvalue weighted by atomic mass is 35.5. The molecule has 1 aromatic heterocycles.